The molecule has 2 aromatic heterocycles. The number of hydrogen-bond donors (Lipinski definition) is 1. The topological polar surface area (TPSA) is 50.4 Å². The van der Waals surface area contributed by atoms with Crippen LogP contribution in [0.1, 0.15) is 85.7 Å². The molecule has 3 aliphatic rings. The van der Waals surface area contributed by atoms with E-state index >= 15 is 0 Å². The van der Waals surface area contributed by atoms with E-state index in [9.17, 15) is 9.90 Å². The van der Waals surface area contributed by atoms with Crippen LogP contribution < -0.4 is 0 Å². The van der Waals surface area contributed by atoms with Crippen molar-refractivity contribution in [2.75, 3.05) is 13.1 Å². The van der Waals surface area contributed by atoms with E-state index in [0.717, 1.165) is 25.2 Å². The Balaban J connectivity index is 1.49. The summed E-state index contributed by atoms with van der Waals surface area (Å²) in [6, 6.07) is 12.8. The van der Waals surface area contributed by atoms with Gasteiger partial charge in [-0.25, -0.2) is 4.79 Å². The molecule has 198 valence electrons. The molecule has 1 N–H and O–H groups in total. The third-order valence-electron chi connectivity index (χ3n) is 9.45. The Morgan fingerprint density at radius 3 is 2.53 bits per heavy atom. The Bertz CT molecular complexity index is 1510. The molecule has 5 nitrogen and oxygen atoms in total. The highest BCUT2D eigenvalue weighted by atomic mass is 16.4. The Morgan fingerprint density at radius 2 is 1.74 bits per heavy atom. The van der Waals surface area contributed by atoms with Gasteiger partial charge in [0.15, 0.2) is 0 Å². The zero-order valence-corrected chi connectivity index (χ0v) is 22.6. The second-order valence-electron chi connectivity index (χ2n) is 12.2. The molecule has 0 radical (unpaired) electrons. The normalized spacial score (nSPS) is 20.9. The van der Waals surface area contributed by atoms with Gasteiger partial charge in [-0.15, -0.1) is 0 Å². The van der Waals surface area contributed by atoms with Crippen LogP contribution in [0.15, 0.2) is 42.6 Å². The van der Waals surface area contributed by atoms with Gasteiger partial charge < -0.3 is 14.2 Å². The summed E-state index contributed by atoms with van der Waals surface area (Å²) in [6.07, 6.45) is 12.7. The summed E-state index contributed by atoms with van der Waals surface area (Å²) in [5, 5.41) is 12.5. The summed E-state index contributed by atoms with van der Waals surface area (Å²) < 4.78 is 5.04. The second-order valence-corrected chi connectivity index (χ2v) is 12.2. The minimum absolute atomic E-state index is 0.383. The number of aromatic carboxylic acids is 1. The van der Waals surface area contributed by atoms with Crippen LogP contribution in [-0.2, 0) is 19.6 Å². The molecule has 2 aromatic carbocycles. The molecule has 0 spiro atoms. The summed E-state index contributed by atoms with van der Waals surface area (Å²) in [6.45, 7) is 7.66. The summed E-state index contributed by atoms with van der Waals surface area (Å²) in [4.78, 5) is 14.6. The monoisotopic (exact) mass is 509 g/mol. The zero-order chi connectivity index (χ0) is 25.8. The summed E-state index contributed by atoms with van der Waals surface area (Å²) in [5.74, 6) is 0.113. The van der Waals surface area contributed by atoms with E-state index in [0.29, 0.717) is 17.4 Å². The molecule has 1 atom stereocenters. The van der Waals surface area contributed by atoms with Crippen molar-refractivity contribution in [2.24, 2.45) is 5.92 Å². The van der Waals surface area contributed by atoms with Gasteiger partial charge in [-0.3, -0.25) is 4.90 Å². The van der Waals surface area contributed by atoms with E-state index < -0.39 is 5.97 Å². The van der Waals surface area contributed by atoms with E-state index in [1.165, 1.54) is 103 Å². The molecule has 2 fully saturated rings. The molecular formula is C33H39N3O2. The molecule has 2 aliphatic heterocycles. The lowest BCUT2D eigenvalue weighted by Crippen LogP contribution is -2.29. The standard InChI is InChI=1S/C33H39N3O2/c1-22-18-35-21-25(20-34-15-6-3-7-16-34)26-11-8-12-28(31(26)35)32-30(23-9-4-2-5-10-23)27-14-13-24(33(37)38)17-29(27)36(32)19-22/h8,11-14,17,21-23H,2-7,9-10,15-16,18-20H2,1H3,(H,37,38). The van der Waals surface area contributed by atoms with Crippen LogP contribution in [0.4, 0.5) is 0 Å². The molecule has 0 bridgehead atoms. The average Bonchev–Trinajstić information content (AvgIpc) is 3.43. The first-order valence-corrected chi connectivity index (χ1v) is 14.8. The van der Waals surface area contributed by atoms with Crippen LogP contribution in [0, 0.1) is 5.92 Å². The maximum absolute atomic E-state index is 12.0. The number of benzene rings is 2. The quantitative estimate of drug-likeness (QED) is 0.307. The summed E-state index contributed by atoms with van der Waals surface area (Å²) >= 11 is 0. The molecule has 1 unspecified atom stereocenters. The first-order valence-electron chi connectivity index (χ1n) is 14.8. The van der Waals surface area contributed by atoms with Gasteiger partial charge in [0.25, 0.3) is 0 Å². The fourth-order valence-corrected chi connectivity index (χ4v) is 7.75. The lowest BCUT2D eigenvalue weighted by molar-refractivity contribution is 0.0697. The van der Waals surface area contributed by atoms with Gasteiger partial charge in [0.2, 0.25) is 0 Å². The lowest BCUT2D eigenvalue weighted by Gasteiger charge is -2.26. The van der Waals surface area contributed by atoms with E-state index in [2.05, 4.69) is 51.4 Å². The molecular weight excluding hydrogens is 470 g/mol. The smallest absolute Gasteiger partial charge is 0.335 e. The largest absolute Gasteiger partial charge is 0.478 e. The molecule has 4 heterocycles. The van der Waals surface area contributed by atoms with E-state index in [1.54, 1.807) is 0 Å². The zero-order valence-electron chi connectivity index (χ0n) is 22.6. The number of aromatic nitrogens is 2. The minimum Gasteiger partial charge on any atom is -0.478 e. The summed E-state index contributed by atoms with van der Waals surface area (Å²) in [7, 11) is 0. The SMILES string of the molecule is CC1Cn2cc(CN3CCCCC3)c3cccc(c32)-c2c(C3CCCCC3)c3ccc(C(=O)O)cc3n2C1. The Labute approximate surface area is 225 Å². The van der Waals surface area contributed by atoms with E-state index in [1.807, 2.05) is 12.1 Å². The van der Waals surface area contributed by atoms with Gasteiger partial charge in [0.05, 0.1) is 16.8 Å². The number of carboxylic acids is 1. The third-order valence-corrected chi connectivity index (χ3v) is 9.45. The van der Waals surface area contributed by atoms with Crippen molar-refractivity contribution in [3.05, 3.63) is 59.3 Å². The molecule has 4 aromatic rings. The van der Waals surface area contributed by atoms with Gasteiger partial charge in [0, 0.05) is 47.7 Å². The van der Waals surface area contributed by atoms with Crippen LogP contribution in [-0.4, -0.2) is 38.2 Å². The number of rotatable bonds is 4. The number of nitrogens with zero attached hydrogens (tertiary/aromatic N) is 3. The second kappa shape index (κ2) is 9.60. The van der Waals surface area contributed by atoms with Crippen LogP contribution in [0.3, 0.4) is 0 Å². The van der Waals surface area contributed by atoms with Gasteiger partial charge in [-0.05, 0) is 73.9 Å². The highest BCUT2D eigenvalue weighted by Crippen LogP contribution is 2.47. The molecule has 38 heavy (non-hydrogen) atoms. The van der Waals surface area contributed by atoms with Crippen molar-refractivity contribution in [1.29, 1.82) is 0 Å². The van der Waals surface area contributed by atoms with Crippen molar-refractivity contribution >= 4 is 27.8 Å². The van der Waals surface area contributed by atoms with Crippen molar-refractivity contribution in [3.63, 3.8) is 0 Å². The fraction of sp³-hybridized carbons (Fsp3) is 0.485. The Morgan fingerprint density at radius 1 is 0.947 bits per heavy atom. The molecule has 1 aliphatic carbocycles. The Hall–Kier alpha value is -3.05. The van der Waals surface area contributed by atoms with Crippen molar-refractivity contribution in [1.82, 2.24) is 14.0 Å². The van der Waals surface area contributed by atoms with E-state index in [4.69, 9.17) is 0 Å². The van der Waals surface area contributed by atoms with Crippen molar-refractivity contribution in [2.45, 2.75) is 83.8 Å². The van der Waals surface area contributed by atoms with Crippen molar-refractivity contribution < 1.29 is 9.90 Å². The number of carboxylic acid groups (broad SMARTS) is 1. The predicted octanol–water partition coefficient (Wildman–Crippen LogP) is 7.64. The number of hydrogen-bond acceptors (Lipinski definition) is 2. The maximum Gasteiger partial charge on any atom is 0.335 e. The van der Waals surface area contributed by atoms with Gasteiger partial charge >= 0.3 is 5.97 Å². The number of piperidine rings is 1. The maximum atomic E-state index is 12.0. The summed E-state index contributed by atoms with van der Waals surface area (Å²) in [5.41, 5.74) is 8.43. The molecule has 0 amide bonds. The number of carbonyl (C=O) groups is 1. The highest BCUT2D eigenvalue weighted by molar-refractivity contribution is 6.03. The first kappa shape index (κ1) is 24.0. The highest BCUT2D eigenvalue weighted by Gasteiger charge is 2.30. The molecule has 5 heteroatoms. The minimum atomic E-state index is -0.848. The molecule has 1 saturated carbocycles. The number of likely N-dealkylation sites (tertiary alicyclic amines) is 1. The number of para-hydroxylation sites is 1. The Kier molecular flexibility index (Phi) is 6.07. The molecule has 7 rings (SSSR count). The predicted molar refractivity (Wildman–Crippen MR) is 154 cm³/mol. The van der Waals surface area contributed by atoms with Crippen molar-refractivity contribution in [3.8, 4) is 11.3 Å². The fourth-order valence-electron chi connectivity index (χ4n) is 7.75. The molecule has 1 saturated heterocycles. The average molecular weight is 510 g/mol. The number of fused-ring (bicyclic) bond motifs is 4. The van der Waals surface area contributed by atoms with E-state index in [-0.39, 0.29) is 0 Å². The van der Waals surface area contributed by atoms with Gasteiger partial charge in [0.1, 0.15) is 0 Å². The van der Waals surface area contributed by atoms with Gasteiger partial charge in [-0.2, -0.15) is 0 Å². The van der Waals surface area contributed by atoms with Gasteiger partial charge in [-0.1, -0.05) is 56.9 Å². The van der Waals surface area contributed by atoms with Crippen LogP contribution in [0.2, 0.25) is 0 Å². The van der Waals surface area contributed by atoms with Crippen LogP contribution in [0.25, 0.3) is 33.1 Å². The third kappa shape index (κ3) is 3.98. The van der Waals surface area contributed by atoms with Crippen LogP contribution in [0.5, 0.6) is 0 Å². The first-order chi connectivity index (χ1) is 18.6. The lowest BCUT2D eigenvalue weighted by atomic mass is 9.81. The van der Waals surface area contributed by atoms with Crippen LogP contribution >= 0.6 is 0 Å².